The molecule has 2 aromatic heterocycles. The van der Waals surface area contributed by atoms with Crippen molar-refractivity contribution in [3.8, 4) is 0 Å². The summed E-state index contributed by atoms with van der Waals surface area (Å²) in [6.45, 7) is 2.00. The highest BCUT2D eigenvalue weighted by Gasteiger charge is 2.31. The Labute approximate surface area is 152 Å². The lowest BCUT2D eigenvalue weighted by Crippen LogP contribution is -2.31. The van der Waals surface area contributed by atoms with Gasteiger partial charge < -0.3 is 15.7 Å². The molecule has 142 valence electrons. The summed E-state index contributed by atoms with van der Waals surface area (Å²) in [4.78, 5) is 24.7. The molecule has 0 amide bonds. The summed E-state index contributed by atoms with van der Waals surface area (Å²) in [6.07, 6.45) is 0.627. The fourth-order valence-electron chi connectivity index (χ4n) is 3.19. The number of carboxylic acids is 1. The van der Waals surface area contributed by atoms with E-state index < -0.39 is 45.9 Å². The van der Waals surface area contributed by atoms with E-state index >= 15 is 4.39 Å². The Balaban J connectivity index is 0.00000243. The largest absolute Gasteiger partial charge is 0.477 e. The van der Waals surface area contributed by atoms with Gasteiger partial charge in [0.25, 0.3) is 5.56 Å². The van der Waals surface area contributed by atoms with Crippen LogP contribution in [0.1, 0.15) is 29.3 Å². The topological polar surface area (TPSA) is 88.0 Å². The number of aromatic carboxylic acids is 1. The smallest absolute Gasteiger partial charge is 0.341 e. The van der Waals surface area contributed by atoms with Crippen LogP contribution in [0.5, 0.6) is 0 Å². The average molecular weight is 392 g/mol. The number of halogens is 4. The number of carbonyl (C=O) groups is 1. The molecule has 3 rings (SSSR count). The molecule has 0 aliphatic carbocycles. The van der Waals surface area contributed by atoms with Gasteiger partial charge in [-0.1, -0.05) is 6.92 Å². The molecule has 1 aliphatic rings. The number of nitrogens with zero attached hydrogens (tertiary/aromatic N) is 2. The van der Waals surface area contributed by atoms with Crippen molar-refractivity contribution in [1.82, 2.24) is 4.40 Å². The molecule has 1 saturated heterocycles. The number of fused-ring (bicyclic) bond motifs is 1. The average Bonchev–Trinajstić information content (AvgIpc) is 2.98. The van der Waals surface area contributed by atoms with Crippen molar-refractivity contribution < 1.29 is 23.1 Å². The maximum Gasteiger partial charge on any atom is 0.341 e. The number of pyridine rings is 2. The lowest BCUT2D eigenvalue weighted by Gasteiger charge is -2.22. The monoisotopic (exact) mass is 391 g/mol. The van der Waals surface area contributed by atoms with Crippen molar-refractivity contribution in [2.75, 3.05) is 18.0 Å². The quantitative estimate of drug-likeness (QED) is 0.781. The second-order valence-corrected chi connectivity index (χ2v) is 5.99. The molecular formula is C16H17ClF3N3O3. The molecule has 26 heavy (non-hydrogen) atoms. The minimum atomic E-state index is -1.62. The summed E-state index contributed by atoms with van der Waals surface area (Å²) in [5, 5.41) is 9.09. The van der Waals surface area contributed by atoms with Crippen molar-refractivity contribution >= 4 is 29.6 Å². The zero-order valence-electron chi connectivity index (χ0n) is 13.8. The van der Waals surface area contributed by atoms with E-state index in [0.717, 1.165) is 6.07 Å². The van der Waals surface area contributed by atoms with Crippen molar-refractivity contribution in [2.24, 2.45) is 5.73 Å². The highest BCUT2D eigenvalue weighted by Crippen LogP contribution is 2.32. The Kier molecular flexibility index (Phi) is 5.52. The summed E-state index contributed by atoms with van der Waals surface area (Å²) in [6, 6.07) is 0.709. The van der Waals surface area contributed by atoms with E-state index in [1.165, 1.54) is 4.90 Å². The first-order valence-corrected chi connectivity index (χ1v) is 7.76. The van der Waals surface area contributed by atoms with Gasteiger partial charge in [-0.05, 0) is 24.5 Å². The summed E-state index contributed by atoms with van der Waals surface area (Å²) in [5.41, 5.74) is 2.74. The standard InChI is InChI=1S/C16H16F3N3O3.ClH/c1-2-7-5-9(16(24)25)15(23)22-12(7)10(17)13(11(18)14(22)19)21-4-3-8(20)6-21;/h5,8H,2-4,6,20H2,1H3,(H,24,25);1H. The first kappa shape index (κ1) is 20.1. The number of hydrogen-bond acceptors (Lipinski definition) is 4. The van der Waals surface area contributed by atoms with Crippen LogP contribution in [0, 0.1) is 17.6 Å². The van der Waals surface area contributed by atoms with Gasteiger partial charge in [-0.15, -0.1) is 12.4 Å². The van der Waals surface area contributed by atoms with E-state index in [0.29, 0.717) is 6.42 Å². The Morgan fingerprint density at radius 2 is 2.00 bits per heavy atom. The molecule has 10 heteroatoms. The van der Waals surface area contributed by atoms with Crippen molar-refractivity contribution in [1.29, 1.82) is 0 Å². The van der Waals surface area contributed by atoms with Gasteiger partial charge in [-0.25, -0.2) is 13.6 Å². The molecule has 1 aliphatic heterocycles. The second-order valence-electron chi connectivity index (χ2n) is 5.99. The van der Waals surface area contributed by atoms with Gasteiger partial charge in [-0.3, -0.25) is 4.79 Å². The zero-order chi connectivity index (χ0) is 18.5. The van der Waals surface area contributed by atoms with Crippen LogP contribution in [0.25, 0.3) is 5.52 Å². The Morgan fingerprint density at radius 1 is 1.35 bits per heavy atom. The maximum absolute atomic E-state index is 15.1. The Hall–Kier alpha value is -2.26. The number of nitrogens with two attached hydrogens (primary N) is 1. The van der Waals surface area contributed by atoms with E-state index in [4.69, 9.17) is 10.8 Å². The highest BCUT2D eigenvalue weighted by molar-refractivity contribution is 5.88. The van der Waals surface area contributed by atoms with Gasteiger partial charge in [0.2, 0.25) is 11.8 Å². The summed E-state index contributed by atoms with van der Waals surface area (Å²) in [7, 11) is 0. The highest BCUT2D eigenvalue weighted by atomic mass is 35.5. The van der Waals surface area contributed by atoms with Crippen LogP contribution in [-0.2, 0) is 6.42 Å². The SMILES string of the molecule is CCc1cc(C(=O)O)c(=O)n2c(F)c(F)c(N3CCC(N)C3)c(F)c12.Cl. The van der Waals surface area contributed by atoms with E-state index in [1.54, 1.807) is 6.92 Å². The molecule has 1 unspecified atom stereocenters. The number of rotatable bonds is 3. The number of anilines is 1. The molecule has 1 fully saturated rings. The third kappa shape index (κ3) is 2.90. The molecule has 3 heterocycles. The number of aromatic nitrogens is 1. The lowest BCUT2D eigenvalue weighted by molar-refractivity contribution is 0.0694. The summed E-state index contributed by atoms with van der Waals surface area (Å²) in [5.74, 6) is -5.84. The number of hydrogen-bond donors (Lipinski definition) is 2. The normalized spacial score (nSPS) is 16.8. The van der Waals surface area contributed by atoms with Crippen molar-refractivity contribution in [3.05, 3.63) is 45.1 Å². The first-order chi connectivity index (χ1) is 11.8. The fourth-order valence-corrected chi connectivity index (χ4v) is 3.19. The van der Waals surface area contributed by atoms with Gasteiger partial charge in [0.15, 0.2) is 5.82 Å². The Morgan fingerprint density at radius 3 is 2.50 bits per heavy atom. The molecule has 2 aromatic rings. The summed E-state index contributed by atoms with van der Waals surface area (Å²) < 4.78 is 44.3. The van der Waals surface area contributed by atoms with Crippen LogP contribution in [0.4, 0.5) is 18.9 Å². The molecule has 0 radical (unpaired) electrons. The van der Waals surface area contributed by atoms with Crippen LogP contribution < -0.4 is 16.2 Å². The van der Waals surface area contributed by atoms with Crippen LogP contribution in [0.15, 0.2) is 10.9 Å². The predicted octanol–water partition coefficient (Wildman–Crippen LogP) is 1.94. The van der Waals surface area contributed by atoms with Crippen molar-refractivity contribution in [2.45, 2.75) is 25.8 Å². The molecule has 0 bridgehead atoms. The van der Waals surface area contributed by atoms with Crippen molar-refractivity contribution in [3.63, 3.8) is 0 Å². The molecule has 1 atom stereocenters. The van der Waals surface area contributed by atoms with Crippen LogP contribution in [-0.4, -0.2) is 34.6 Å². The molecule has 0 aromatic carbocycles. The van der Waals surface area contributed by atoms with E-state index in [1.807, 2.05) is 0 Å². The zero-order valence-corrected chi connectivity index (χ0v) is 14.6. The van der Waals surface area contributed by atoms with Crippen LogP contribution in [0.2, 0.25) is 0 Å². The van der Waals surface area contributed by atoms with Crippen LogP contribution >= 0.6 is 12.4 Å². The van der Waals surface area contributed by atoms with E-state index in [9.17, 15) is 18.4 Å². The molecule has 0 saturated carbocycles. The van der Waals surface area contributed by atoms with E-state index in [2.05, 4.69) is 0 Å². The molecule has 3 N–H and O–H groups in total. The minimum Gasteiger partial charge on any atom is -0.477 e. The van der Waals surface area contributed by atoms with Gasteiger partial charge >= 0.3 is 5.97 Å². The third-order valence-corrected chi connectivity index (χ3v) is 4.43. The fraction of sp³-hybridized carbons (Fsp3) is 0.375. The summed E-state index contributed by atoms with van der Waals surface area (Å²) >= 11 is 0. The Bertz CT molecular complexity index is 948. The number of carboxylic acid groups (broad SMARTS) is 1. The molecular weight excluding hydrogens is 375 g/mol. The van der Waals surface area contributed by atoms with Crippen LogP contribution in [0.3, 0.4) is 0 Å². The second kappa shape index (κ2) is 7.16. The maximum atomic E-state index is 15.1. The lowest BCUT2D eigenvalue weighted by atomic mass is 10.1. The molecule has 6 nitrogen and oxygen atoms in total. The predicted molar refractivity (Wildman–Crippen MR) is 91.9 cm³/mol. The minimum absolute atomic E-state index is 0. The third-order valence-electron chi connectivity index (χ3n) is 4.43. The van der Waals surface area contributed by atoms with Gasteiger partial charge in [0.1, 0.15) is 11.3 Å². The van der Waals surface area contributed by atoms with Gasteiger partial charge in [0.05, 0.1) is 5.52 Å². The first-order valence-electron chi connectivity index (χ1n) is 7.76. The van der Waals surface area contributed by atoms with E-state index in [-0.39, 0.29) is 47.9 Å². The molecule has 0 spiro atoms. The van der Waals surface area contributed by atoms with Gasteiger partial charge in [0, 0.05) is 19.1 Å². The number of aryl methyl sites for hydroxylation is 1. The van der Waals surface area contributed by atoms with Gasteiger partial charge in [-0.2, -0.15) is 8.78 Å².